The lowest BCUT2D eigenvalue weighted by atomic mass is 9.96. The van der Waals surface area contributed by atoms with Crippen molar-refractivity contribution in [1.82, 2.24) is 19.7 Å². The van der Waals surface area contributed by atoms with E-state index in [1.807, 2.05) is 60.7 Å². The molecule has 5 atom stereocenters. The van der Waals surface area contributed by atoms with Crippen molar-refractivity contribution in [2.75, 3.05) is 6.61 Å². The second-order valence-electron chi connectivity index (χ2n) is 7.87. The fourth-order valence-electron chi connectivity index (χ4n) is 3.88. The maximum atomic E-state index is 11.8. The van der Waals surface area contributed by atoms with Crippen molar-refractivity contribution in [1.29, 1.82) is 0 Å². The Morgan fingerprint density at radius 2 is 1.76 bits per heavy atom. The Labute approximate surface area is 201 Å². The Balaban J connectivity index is 1.77. The molecule has 1 saturated heterocycles. The first kappa shape index (κ1) is 24.0. The smallest absolute Gasteiger partial charge is 0.217 e. The summed E-state index contributed by atoms with van der Waals surface area (Å²) in [6, 6.07) is 17.5. The monoisotopic (exact) mass is 486 g/mol. The third-order valence-electron chi connectivity index (χ3n) is 5.51. The minimum atomic E-state index is -1.42. The number of hydrogen-bond acceptors (Lipinski definition) is 8. The Bertz CT molecular complexity index is 1170. The normalized spacial score (nSPS) is 24.5. The summed E-state index contributed by atoms with van der Waals surface area (Å²) in [6.45, 7) is 0.815. The molecule has 1 fully saturated rings. The maximum Gasteiger partial charge on any atom is 0.217 e. The molecule has 34 heavy (non-hydrogen) atoms. The number of aliphatic hydroxyl groups excluding tert-OH is 3. The molecule has 10 nitrogen and oxygen atoms in total. The van der Waals surface area contributed by atoms with E-state index in [0.29, 0.717) is 11.6 Å². The van der Waals surface area contributed by atoms with Gasteiger partial charge in [0.15, 0.2) is 12.1 Å². The molecule has 0 radical (unpaired) electrons. The number of ether oxygens (including phenoxy) is 2. The summed E-state index contributed by atoms with van der Waals surface area (Å²) in [6.07, 6.45) is -5.03. The third-order valence-corrected chi connectivity index (χ3v) is 5.87. The molecule has 0 aliphatic carbocycles. The average molecular weight is 487 g/mol. The van der Waals surface area contributed by atoms with Crippen LogP contribution < -0.4 is 10.1 Å². The van der Waals surface area contributed by atoms with Crippen molar-refractivity contribution < 1.29 is 29.6 Å². The molecule has 0 spiro atoms. The number of para-hydroxylation sites is 2. The van der Waals surface area contributed by atoms with Crippen LogP contribution in [0.25, 0.3) is 5.69 Å². The van der Waals surface area contributed by atoms with Crippen molar-refractivity contribution >= 4 is 18.1 Å². The number of nitrogens with zero attached hydrogens (tertiary/aromatic N) is 3. The Hall–Kier alpha value is -3.09. The standard InChI is InChI=1S/C23H26N4O6S/c1-14(29)24-19-21(31)20(30)17(12-28)33-22(19)27-23(34)26(15-8-4-2-5-9-15)18(25-27)13-32-16-10-6-3-7-11-16/h2-11,17,19-22,28,30-31H,12-13H2,1H3,(H,24,29)/t17-,19-,20-,21-,22-/m0/s1. The largest absolute Gasteiger partial charge is 0.486 e. The molecule has 1 aliphatic rings. The van der Waals surface area contributed by atoms with Crippen LogP contribution in [0.15, 0.2) is 60.7 Å². The number of aromatic nitrogens is 3. The number of amides is 1. The van der Waals surface area contributed by atoms with Gasteiger partial charge in [0.05, 0.1) is 6.61 Å². The number of hydrogen-bond donors (Lipinski definition) is 4. The van der Waals surface area contributed by atoms with Crippen molar-refractivity contribution in [2.45, 2.75) is 44.1 Å². The van der Waals surface area contributed by atoms with Crippen LogP contribution in [0.5, 0.6) is 5.75 Å². The zero-order chi connectivity index (χ0) is 24.2. The molecule has 4 N–H and O–H groups in total. The van der Waals surface area contributed by atoms with E-state index in [1.54, 1.807) is 4.57 Å². The Morgan fingerprint density at radius 3 is 2.38 bits per heavy atom. The van der Waals surface area contributed by atoms with Gasteiger partial charge in [0.25, 0.3) is 0 Å². The van der Waals surface area contributed by atoms with Crippen LogP contribution in [0.3, 0.4) is 0 Å². The summed E-state index contributed by atoms with van der Waals surface area (Å²) in [5.74, 6) is 0.659. The minimum Gasteiger partial charge on any atom is -0.486 e. The van der Waals surface area contributed by atoms with Crippen LogP contribution in [0, 0.1) is 4.77 Å². The van der Waals surface area contributed by atoms with Gasteiger partial charge in [-0.2, -0.15) is 5.10 Å². The molecule has 0 bridgehead atoms. The number of carbonyl (C=O) groups excluding carboxylic acids is 1. The first-order valence-electron chi connectivity index (χ1n) is 10.7. The lowest BCUT2D eigenvalue weighted by Gasteiger charge is -2.42. The topological polar surface area (TPSA) is 131 Å². The second kappa shape index (κ2) is 10.5. The van der Waals surface area contributed by atoms with Crippen molar-refractivity contribution in [3.05, 3.63) is 71.3 Å². The molecule has 1 amide bonds. The molecular formula is C23H26N4O6S. The molecule has 0 saturated carbocycles. The summed E-state index contributed by atoms with van der Waals surface area (Å²) in [4.78, 5) is 11.8. The van der Waals surface area contributed by atoms with E-state index >= 15 is 0 Å². The van der Waals surface area contributed by atoms with Gasteiger partial charge in [-0.25, -0.2) is 4.68 Å². The van der Waals surface area contributed by atoms with Crippen molar-refractivity contribution in [3.63, 3.8) is 0 Å². The van der Waals surface area contributed by atoms with Crippen LogP contribution in [0.2, 0.25) is 0 Å². The van der Waals surface area contributed by atoms with Crippen molar-refractivity contribution in [3.8, 4) is 11.4 Å². The molecule has 0 unspecified atom stereocenters. The zero-order valence-corrected chi connectivity index (χ0v) is 19.2. The predicted molar refractivity (Wildman–Crippen MR) is 124 cm³/mol. The maximum absolute atomic E-state index is 11.8. The van der Waals surface area contributed by atoms with Crippen LogP contribution in [0.4, 0.5) is 0 Å². The first-order chi connectivity index (χ1) is 16.4. The summed E-state index contributed by atoms with van der Waals surface area (Å²) < 4.78 is 15.0. The van der Waals surface area contributed by atoms with Crippen LogP contribution in [0.1, 0.15) is 19.0 Å². The highest BCUT2D eigenvalue weighted by Gasteiger charge is 2.46. The highest BCUT2D eigenvalue weighted by Crippen LogP contribution is 2.29. The Kier molecular flexibility index (Phi) is 7.39. The second-order valence-corrected chi connectivity index (χ2v) is 8.24. The molecule has 2 aromatic carbocycles. The molecular weight excluding hydrogens is 460 g/mol. The van der Waals surface area contributed by atoms with Gasteiger partial charge < -0.3 is 30.1 Å². The van der Waals surface area contributed by atoms with E-state index in [4.69, 9.17) is 21.7 Å². The zero-order valence-electron chi connectivity index (χ0n) is 18.4. The summed E-state index contributed by atoms with van der Waals surface area (Å²) >= 11 is 5.72. The minimum absolute atomic E-state index is 0.0711. The number of aliphatic hydroxyl groups is 3. The number of nitrogens with one attached hydrogen (secondary N) is 1. The van der Waals surface area contributed by atoms with Crippen molar-refractivity contribution in [2.24, 2.45) is 0 Å². The third kappa shape index (κ3) is 4.88. The van der Waals surface area contributed by atoms with E-state index in [-0.39, 0.29) is 11.4 Å². The van der Waals surface area contributed by atoms with Gasteiger partial charge in [0.2, 0.25) is 10.7 Å². The summed E-state index contributed by atoms with van der Waals surface area (Å²) in [5, 5.41) is 37.9. The van der Waals surface area contributed by atoms with Gasteiger partial charge in [0, 0.05) is 12.6 Å². The lowest BCUT2D eigenvalue weighted by molar-refractivity contribution is -0.219. The highest BCUT2D eigenvalue weighted by molar-refractivity contribution is 7.71. The molecule has 1 aromatic heterocycles. The van der Waals surface area contributed by atoms with Gasteiger partial charge in [-0.1, -0.05) is 36.4 Å². The lowest BCUT2D eigenvalue weighted by Crippen LogP contribution is -2.62. The van der Waals surface area contributed by atoms with E-state index in [0.717, 1.165) is 5.69 Å². The van der Waals surface area contributed by atoms with Gasteiger partial charge in [-0.05, 0) is 36.5 Å². The van der Waals surface area contributed by atoms with Gasteiger partial charge in [0.1, 0.15) is 36.7 Å². The number of carbonyl (C=O) groups is 1. The summed E-state index contributed by atoms with van der Waals surface area (Å²) in [5.41, 5.74) is 0.733. The van der Waals surface area contributed by atoms with E-state index < -0.39 is 43.1 Å². The molecule has 11 heteroatoms. The van der Waals surface area contributed by atoms with Gasteiger partial charge >= 0.3 is 0 Å². The van der Waals surface area contributed by atoms with Crippen LogP contribution in [-0.2, 0) is 16.1 Å². The average Bonchev–Trinajstić information content (AvgIpc) is 3.17. The van der Waals surface area contributed by atoms with E-state index in [1.165, 1.54) is 11.6 Å². The van der Waals surface area contributed by atoms with Gasteiger partial charge in [-0.3, -0.25) is 9.36 Å². The SMILES string of the molecule is CC(=O)N[C@H]1[C@H](O)[C@@H](O)[C@H](CO)O[C@@H]1n1nc(COc2ccccc2)n(-c2ccccc2)c1=S. The van der Waals surface area contributed by atoms with Crippen LogP contribution in [-0.4, -0.2) is 66.5 Å². The predicted octanol–water partition coefficient (Wildman–Crippen LogP) is 1.10. The highest BCUT2D eigenvalue weighted by atomic mass is 32.1. The molecule has 3 aromatic rings. The molecule has 1 aliphatic heterocycles. The van der Waals surface area contributed by atoms with E-state index in [2.05, 4.69) is 10.4 Å². The van der Waals surface area contributed by atoms with E-state index in [9.17, 15) is 20.1 Å². The fraction of sp³-hybridized carbons (Fsp3) is 0.348. The summed E-state index contributed by atoms with van der Waals surface area (Å²) in [7, 11) is 0. The molecule has 2 heterocycles. The fourth-order valence-corrected chi connectivity index (χ4v) is 4.24. The molecule has 180 valence electrons. The van der Waals surface area contributed by atoms with Crippen LogP contribution >= 0.6 is 12.2 Å². The number of benzene rings is 2. The first-order valence-corrected chi connectivity index (χ1v) is 11.1. The van der Waals surface area contributed by atoms with Gasteiger partial charge in [-0.15, -0.1) is 0 Å². The Morgan fingerprint density at radius 1 is 1.12 bits per heavy atom. The molecule has 4 rings (SSSR count). The quantitative estimate of drug-likeness (QED) is 0.365. The number of rotatable bonds is 7.